The monoisotopic (exact) mass is 273 g/mol. The summed E-state index contributed by atoms with van der Waals surface area (Å²) in [6.07, 6.45) is 2.75. The molecule has 0 radical (unpaired) electrons. The highest BCUT2D eigenvalue weighted by atomic mass is 15.1. The van der Waals surface area contributed by atoms with Gasteiger partial charge in [-0.15, -0.1) is 0 Å². The van der Waals surface area contributed by atoms with Crippen molar-refractivity contribution in [1.29, 1.82) is 5.26 Å². The molecular weight excluding hydrogens is 246 g/mol. The lowest BCUT2D eigenvalue weighted by atomic mass is 9.92. The number of anilines is 1. The second kappa shape index (κ2) is 7.91. The van der Waals surface area contributed by atoms with E-state index in [0.717, 1.165) is 32.4 Å². The van der Waals surface area contributed by atoms with Crippen LogP contribution in [0.15, 0.2) is 24.3 Å². The summed E-state index contributed by atoms with van der Waals surface area (Å²) in [4.78, 5) is 2.37. The Hall–Kier alpha value is -1.53. The number of rotatable bonds is 8. The minimum atomic E-state index is -0.368. The van der Waals surface area contributed by atoms with Crippen LogP contribution in [0.2, 0.25) is 0 Å². The van der Waals surface area contributed by atoms with Gasteiger partial charge in [0.15, 0.2) is 0 Å². The summed E-state index contributed by atoms with van der Waals surface area (Å²) < 4.78 is 0. The van der Waals surface area contributed by atoms with E-state index in [-0.39, 0.29) is 5.54 Å². The maximum absolute atomic E-state index is 9.32. The topological polar surface area (TPSA) is 39.1 Å². The number of nitriles is 1. The number of aryl methyl sites for hydroxylation is 1. The normalized spacial score (nSPS) is 13.6. The number of hydrogen-bond acceptors (Lipinski definition) is 3. The molecule has 0 saturated carbocycles. The van der Waals surface area contributed by atoms with Crippen LogP contribution in [0.4, 0.5) is 5.69 Å². The second-order valence-electron chi connectivity index (χ2n) is 5.32. The number of nitrogens with one attached hydrogen (secondary N) is 1. The molecule has 0 spiro atoms. The standard InChI is InChI=1S/C17H27N3/c1-5-17(14-18,19-4)12-7-13-20(6-2)16-10-8-15(3)9-11-16/h8-11,19H,5-7,12-13H2,1-4H3. The van der Waals surface area contributed by atoms with Crippen molar-refractivity contribution in [2.24, 2.45) is 0 Å². The van der Waals surface area contributed by atoms with Crippen LogP contribution in [0.1, 0.15) is 38.7 Å². The Morgan fingerprint density at radius 3 is 2.35 bits per heavy atom. The van der Waals surface area contributed by atoms with E-state index in [1.54, 1.807) is 0 Å². The summed E-state index contributed by atoms with van der Waals surface area (Å²) in [5, 5.41) is 12.5. The second-order valence-corrected chi connectivity index (χ2v) is 5.32. The first-order valence-corrected chi connectivity index (χ1v) is 7.52. The molecule has 1 aromatic carbocycles. The average molecular weight is 273 g/mol. The van der Waals surface area contributed by atoms with Crippen LogP contribution in [-0.4, -0.2) is 25.7 Å². The van der Waals surface area contributed by atoms with E-state index >= 15 is 0 Å². The molecule has 0 aliphatic rings. The van der Waals surface area contributed by atoms with Crippen molar-refractivity contribution >= 4 is 5.69 Å². The summed E-state index contributed by atoms with van der Waals surface area (Å²) in [6, 6.07) is 11.1. The third-order valence-corrected chi connectivity index (χ3v) is 4.11. The molecule has 0 fully saturated rings. The highest BCUT2D eigenvalue weighted by Crippen LogP contribution is 2.19. The Balaban J connectivity index is 2.58. The molecule has 0 heterocycles. The molecule has 0 aliphatic carbocycles. The van der Waals surface area contributed by atoms with E-state index in [2.05, 4.69) is 61.3 Å². The molecule has 3 heteroatoms. The van der Waals surface area contributed by atoms with E-state index in [0.29, 0.717) is 0 Å². The fourth-order valence-electron chi connectivity index (χ4n) is 2.47. The van der Waals surface area contributed by atoms with Crippen molar-refractivity contribution in [3.63, 3.8) is 0 Å². The van der Waals surface area contributed by atoms with Gasteiger partial charge in [0, 0.05) is 18.8 Å². The summed E-state index contributed by atoms with van der Waals surface area (Å²) >= 11 is 0. The van der Waals surface area contributed by atoms with Gasteiger partial charge in [-0.05, 0) is 52.3 Å². The van der Waals surface area contributed by atoms with Gasteiger partial charge in [-0.2, -0.15) is 5.26 Å². The van der Waals surface area contributed by atoms with E-state index in [1.807, 2.05) is 7.05 Å². The van der Waals surface area contributed by atoms with Gasteiger partial charge in [0.05, 0.1) is 6.07 Å². The fourth-order valence-corrected chi connectivity index (χ4v) is 2.47. The molecule has 0 amide bonds. The molecule has 1 rings (SSSR count). The first-order valence-electron chi connectivity index (χ1n) is 7.52. The fraction of sp³-hybridized carbons (Fsp3) is 0.588. The Morgan fingerprint density at radius 1 is 1.25 bits per heavy atom. The Labute approximate surface area is 123 Å². The Bertz CT molecular complexity index is 427. The largest absolute Gasteiger partial charge is 0.372 e. The zero-order valence-electron chi connectivity index (χ0n) is 13.2. The van der Waals surface area contributed by atoms with Gasteiger partial charge in [0.1, 0.15) is 5.54 Å². The molecule has 20 heavy (non-hydrogen) atoms. The SMILES string of the molecule is CCN(CCCC(C#N)(CC)NC)c1ccc(C)cc1. The van der Waals surface area contributed by atoms with E-state index in [1.165, 1.54) is 11.3 Å². The van der Waals surface area contributed by atoms with Crippen LogP contribution in [-0.2, 0) is 0 Å². The van der Waals surface area contributed by atoms with Gasteiger partial charge >= 0.3 is 0 Å². The van der Waals surface area contributed by atoms with Crippen molar-refractivity contribution in [3.8, 4) is 6.07 Å². The molecule has 1 N–H and O–H groups in total. The van der Waals surface area contributed by atoms with Crippen molar-refractivity contribution in [2.45, 2.75) is 45.6 Å². The van der Waals surface area contributed by atoms with Crippen LogP contribution in [0.5, 0.6) is 0 Å². The average Bonchev–Trinajstić information content (AvgIpc) is 2.50. The third-order valence-electron chi connectivity index (χ3n) is 4.11. The van der Waals surface area contributed by atoms with Gasteiger partial charge in [-0.25, -0.2) is 0 Å². The van der Waals surface area contributed by atoms with Gasteiger partial charge in [0.25, 0.3) is 0 Å². The van der Waals surface area contributed by atoms with Crippen molar-refractivity contribution in [3.05, 3.63) is 29.8 Å². The molecule has 110 valence electrons. The molecule has 0 aliphatic heterocycles. The smallest absolute Gasteiger partial charge is 0.106 e. The molecule has 1 aromatic rings. The van der Waals surface area contributed by atoms with Crippen LogP contribution in [0, 0.1) is 18.3 Å². The lowest BCUT2D eigenvalue weighted by molar-refractivity contribution is 0.393. The molecular formula is C17H27N3. The Kier molecular flexibility index (Phi) is 6.54. The van der Waals surface area contributed by atoms with Crippen LogP contribution in [0.3, 0.4) is 0 Å². The molecule has 3 nitrogen and oxygen atoms in total. The zero-order chi connectivity index (χ0) is 15.0. The van der Waals surface area contributed by atoms with Crippen molar-refractivity contribution < 1.29 is 0 Å². The predicted octanol–water partition coefficient (Wildman–Crippen LogP) is 3.49. The lowest BCUT2D eigenvalue weighted by Gasteiger charge is -2.28. The van der Waals surface area contributed by atoms with Gasteiger partial charge < -0.3 is 10.2 Å². The maximum atomic E-state index is 9.32. The number of nitrogens with zero attached hydrogens (tertiary/aromatic N) is 2. The summed E-state index contributed by atoms with van der Waals surface area (Å²) in [5.74, 6) is 0. The van der Waals surface area contributed by atoms with Crippen molar-refractivity contribution in [2.75, 3.05) is 25.0 Å². The highest BCUT2D eigenvalue weighted by Gasteiger charge is 2.24. The first kappa shape index (κ1) is 16.5. The Morgan fingerprint density at radius 2 is 1.90 bits per heavy atom. The summed E-state index contributed by atoms with van der Waals surface area (Å²) in [7, 11) is 1.88. The quantitative estimate of drug-likeness (QED) is 0.788. The summed E-state index contributed by atoms with van der Waals surface area (Å²) in [5.41, 5.74) is 2.18. The molecule has 0 aromatic heterocycles. The lowest BCUT2D eigenvalue weighted by Crippen LogP contribution is -2.41. The first-order chi connectivity index (χ1) is 9.60. The highest BCUT2D eigenvalue weighted by molar-refractivity contribution is 5.47. The number of benzene rings is 1. The minimum Gasteiger partial charge on any atom is -0.372 e. The van der Waals surface area contributed by atoms with Crippen LogP contribution in [0.25, 0.3) is 0 Å². The van der Waals surface area contributed by atoms with Gasteiger partial charge in [-0.1, -0.05) is 24.6 Å². The zero-order valence-corrected chi connectivity index (χ0v) is 13.2. The molecule has 1 unspecified atom stereocenters. The van der Waals surface area contributed by atoms with Crippen LogP contribution < -0.4 is 10.2 Å². The molecule has 0 saturated heterocycles. The minimum absolute atomic E-state index is 0.368. The van der Waals surface area contributed by atoms with Crippen molar-refractivity contribution in [1.82, 2.24) is 5.32 Å². The maximum Gasteiger partial charge on any atom is 0.106 e. The van der Waals surface area contributed by atoms with Crippen LogP contribution >= 0.6 is 0 Å². The molecule has 1 atom stereocenters. The molecule has 0 bridgehead atoms. The summed E-state index contributed by atoms with van der Waals surface area (Å²) in [6.45, 7) is 8.33. The van der Waals surface area contributed by atoms with E-state index in [4.69, 9.17) is 0 Å². The van der Waals surface area contributed by atoms with Gasteiger partial charge in [-0.3, -0.25) is 0 Å². The van der Waals surface area contributed by atoms with Gasteiger partial charge in [0.2, 0.25) is 0 Å². The van der Waals surface area contributed by atoms with E-state index < -0.39 is 0 Å². The number of hydrogen-bond donors (Lipinski definition) is 1. The van der Waals surface area contributed by atoms with E-state index in [9.17, 15) is 5.26 Å². The predicted molar refractivity (Wildman–Crippen MR) is 86.0 cm³/mol. The third kappa shape index (κ3) is 4.25.